The Morgan fingerprint density at radius 1 is 1.55 bits per heavy atom. The quantitative estimate of drug-likeness (QED) is 0.482. The Labute approximate surface area is 71.4 Å². The number of hydrogen-bond donors (Lipinski definition) is 2. The van der Waals surface area contributed by atoms with Gasteiger partial charge in [-0.15, -0.1) is 6.58 Å². The van der Waals surface area contributed by atoms with Crippen LogP contribution in [0.3, 0.4) is 0 Å². The van der Waals surface area contributed by atoms with E-state index in [0.29, 0.717) is 6.61 Å². The van der Waals surface area contributed by atoms with Crippen LogP contribution >= 0.6 is 0 Å². The maximum absolute atomic E-state index is 5.20. The summed E-state index contributed by atoms with van der Waals surface area (Å²) in [6.45, 7) is 7.51. The summed E-state index contributed by atoms with van der Waals surface area (Å²) in [5.74, 6) is 4.65. The number of hydrogen-bond acceptors (Lipinski definition) is 3. The van der Waals surface area contributed by atoms with Gasteiger partial charge in [0.15, 0.2) is 0 Å². The zero-order valence-corrected chi connectivity index (χ0v) is 6.13. The molecule has 0 bridgehead atoms. The summed E-state index contributed by atoms with van der Waals surface area (Å²) >= 11 is 0. The molecule has 0 heterocycles. The fourth-order valence-corrected chi connectivity index (χ4v) is 0.152. The van der Waals surface area contributed by atoms with Crippen LogP contribution in [-0.2, 0) is 4.84 Å². The van der Waals surface area contributed by atoms with Crippen molar-refractivity contribution in [2.24, 2.45) is 11.6 Å². The minimum Gasteiger partial charge on any atom is -0.326 e. The molecule has 4 N–H and O–H groups in total. The topological polar surface area (TPSA) is 61.3 Å². The van der Waals surface area contributed by atoms with Gasteiger partial charge < -0.3 is 10.6 Å². The van der Waals surface area contributed by atoms with Crippen molar-refractivity contribution in [3.63, 3.8) is 0 Å². The van der Waals surface area contributed by atoms with Gasteiger partial charge in [-0.05, 0) is 13.8 Å². The molecule has 0 radical (unpaired) electrons. The lowest BCUT2D eigenvalue weighted by atomic mass is 10.4. The predicted molar refractivity (Wildman–Crippen MR) is 53.1 cm³/mol. The molecule has 0 amide bonds. The highest BCUT2D eigenvalue weighted by molar-refractivity contribution is 4.51. The van der Waals surface area contributed by atoms with Crippen molar-refractivity contribution in [2.45, 2.75) is 34.7 Å². The monoisotopic (exact) mass is 164 g/mol. The highest BCUT2D eigenvalue weighted by atomic mass is 16.6. The van der Waals surface area contributed by atoms with Crippen LogP contribution in [0.4, 0.5) is 0 Å². The SMILES string of the molecule is C.C.C=CC.CC(N)CON. The van der Waals surface area contributed by atoms with Gasteiger partial charge in [0.1, 0.15) is 0 Å². The molecule has 0 aromatic heterocycles. The molecule has 3 nitrogen and oxygen atoms in total. The van der Waals surface area contributed by atoms with Crippen LogP contribution in [0.15, 0.2) is 12.7 Å². The van der Waals surface area contributed by atoms with E-state index < -0.39 is 0 Å². The molecule has 1 unspecified atom stereocenters. The summed E-state index contributed by atoms with van der Waals surface area (Å²) in [4.78, 5) is 4.18. The average Bonchev–Trinajstić information content (AvgIpc) is 1.67. The van der Waals surface area contributed by atoms with Gasteiger partial charge in [-0.2, -0.15) is 0 Å². The second-order valence-electron chi connectivity index (χ2n) is 1.72. The average molecular weight is 164 g/mol. The van der Waals surface area contributed by atoms with Gasteiger partial charge in [-0.25, -0.2) is 5.90 Å². The summed E-state index contributed by atoms with van der Waals surface area (Å²) in [6, 6.07) is 0.0509. The molecule has 0 saturated heterocycles. The summed E-state index contributed by atoms with van der Waals surface area (Å²) in [5, 5.41) is 0. The molecule has 3 heteroatoms. The van der Waals surface area contributed by atoms with Gasteiger partial charge in [-0.3, -0.25) is 0 Å². The maximum Gasteiger partial charge on any atom is 0.0827 e. The van der Waals surface area contributed by atoms with E-state index in [1.807, 2.05) is 13.8 Å². The zero-order valence-electron chi connectivity index (χ0n) is 6.13. The second kappa shape index (κ2) is 22.6. The number of allylic oxidation sites excluding steroid dienone is 1. The molecular formula is C8H24N2O. The highest BCUT2D eigenvalue weighted by Gasteiger charge is 1.86. The molecule has 72 valence electrons. The molecule has 0 aromatic rings. The van der Waals surface area contributed by atoms with Crippen LogP contribution in [0.2, 0.25) is 0 Å². The molecule has 0 aliphatic heterocycles. The van der Waals surface area contributed by atoms with Gasteiger partial charge in [-0.1, -0.05) is 20.9 Å². The van der Waals surface area contributed by atoms with Gasteiger partial charge in [0.05, 0.1) is 6.61 Å². The highest BCUT2D eigenvalue weighted by Crippen LogP contribution is 1.68. The van der Waals surface area contributed by atoms with Gasteiger partial charge in [0.25, 0.3) is 0 Å². The molecular weight excluding hydrogens is 140 g/mol. The van der Waals surface area contributed by atoms with Gasteiger partial charge in [0, 0.05) is 6.04 Å². The Morgan fingerprint density at radius 3 is 1.82 bits per heavy atom. The Bertz CT molecular complexity index is 56.1. The normalized spacial score (nSPS) is 9.09. The first kappa shape index (κ1) is 22.4. The Balaban J connectivity index is -0.0000000437. The summed E-state index contributed by atoms with van der Waals surface area (Å²) in [6.07, 6.45) is 1.75. The van der Waals surface area contributed by atoms with E-state index in [-0.39, 0.29) is 20.9 Å². The largest absolute Gasteiger partial charge is 0.326 e. The lowest BCUT2D eigenvalue weighted by molar-refractivity contribution is 0.128. The number of nitrogens with two attached hydrogens (primary N) is 2. The fourth-order valence-electron chi connectivity index (χ4n) is 0.152. The lowest BCUT2D eigenvalue weighted by Crippen LogP contribution is -2.23. The summed E-state index contributed by atoms with van der Waals surface area (Å²) in [5.41, 5.74) is 5.20. The van der Waals surface area contributed by atoms with E-state index in [0.717, 1.165) is 0 Å². The fraction of sp³-hybridized carbons (Fsp3) is 0.750. The minimum absolute atomic E-state index is 0. The standard InChI is InChI=1S/C3H10N2O.C3H6.2CH4/c1-3(4)2-6-5;1-3-2;;/h3H,2,4-5H2,1H3;3H,1H2,2H3;2*1H4. The molecule has 1 atom stereocenters. The van der Waals surface area contributed by atoms with E-state index >= 15 is 0 Å². The van der Waals surface area contributed by atoms with E-state index in [1.54, 1.807) is 6.08 Å². The van der Waals surface area contributed by atoms with Crippen molar-refractivity contribution < 1.29 is 4.84 Å². The van der Waals surface area contributed by atoms with Crippen molar-refractivity contribution >= 4 is 0 Å². The Morgan fingerprint density at radius 2 is 1.82 bits per heavy atom. The maximum atomic E-state index is 5.20. The third-order valence-electron chi connectivity index (χ3n) is 0.359. The van der Waals surface area contributed by atoms with E-state index in [4.69, 9.17) is 5.73 Å². The molecule has 0 fully saturated rings. The molecule has 0 rings (SSSR count). The molecule has 0 aliphatic carbocycles. The molecule has 0 spiro atoms. The first-order valence-corrected chi connectivity index (χ1v) is 2.83. The van der Waals surface area contributed by atoms with Crippen LogP contribution in [0.25, 0.3) is 0 Å². The Kier molecular flexibility index (Phi) is 46.1. The van der Waals surface area contributed by atoms with Gasteiger partial charge >= 0.3 is 0 Å². The third-order valence-corrected chi connectivity index (χ3v) is 0.359. The lowest BCUT2D eigenvalue weighted by Gasteiger charge is -1.97. The second-order valence-corrected chi connectivity index (χ2v) is 1.72. The van der Waals surface area contributed by atoms with Crippen LogP contribution in [-0.4, -0.2) is 12.6 Å². The summed E-state index contributed by atoms with van der Waals surface area (Å²) in [7, 11) is 0. The van der Waals surface area contributed by atoms with E-state index in [1.165, 1.54) is 0 Å². The van der Waals surface area contributed by atoms with Crippen molar-refractivity contribution in [3.8, 4) is 0 Å². The molecule has 11 heavy (non-hydrogen) atoms. The zero-order chi connectivity index (χ0) is 7.70. The van der Waals surface area contributed by atoms with Crippen molar-refractivity contribution in [2.75, 3.05) is 6.61 Å². The van der Waals surface area contributed by atoms with Crippen LogP contribution < -0.4 is 11.6 Å². The van der Waals surface area contributed by atoms with E-state index in [9.17, 15) is 0 Å². The molecule has 0 aromatic carbocycles. The van der Waals surface area contributed by atoms with Crippen molar-refractivity contribution in [3.05, 3.63) is 12.7 Å². The molecule has 0 saturated carbocycles. The van der Waals surface area contributed by atoms with Gasteiger partial charge in [0.2, 0.25) is 0 Å². The Hall–Kier alpha value is -0.380. The van der Waals surface area contributed by atoms with Crippen LogP contribution in [0, 0.1) is 0 Å². The smallest absolute Gasteiger partial charge is 0.0827 e. The summed E-state index contributed by atoms with van der Waals surface area (Å²) < 4.78 is 0. The van der Waals surface area contributed by atoms with E-state index in [2.05, 4.69) is 17.3 Å². The van der Waals surface area contributed by atoms with Crippen LogP contribution in [0.5, 0.6) is 0 Å². The predicted octanol–water partition coefficient (Wildman–Crippen LogP) is 1.69. The third kappa shape index (κ3) is 81.4. The first-order valence-electron chi connectivity index (χ1n) is 2.83. The van der Waals surface area contributed by atoms with Crippen LogP contribution in [0.1, 0.15) is 28.7 Å². The van der Waals surface area contributed by atoms with Crippen molar-refractivity contribution in [1.29, 1.82) is 0 Å². The number of rotatable bonds is 2. The van der Waals surface area contributed by atoms with Crippen molar-refractivity contribution in [1.82, 2.24) is 0 Å². The minimum atomic E-state index is 0. The molecule has 0 aliphatic rings. The first-order chi connectivity index (χ1) is 4.18.